The Labute approximate surface area is 335 Å². The van der Waals surface area contributed by atoms with Crippen molar-refractivity contribution in [2.75, 3.05) is 8.61 Å². The van der Waals surface area contributed by atoms with Crippen LogP contribution in [0.25, 0.3) is 0 Å². The van der Waals surface area contributed by atoms with Gasteiger partial charge in [0.1, 0.15) is 8.64 Å². The first-order valence-corrected chi connectivity index (χ1v) is 20.3. The molecule has 2 aromatic rings. The second kappa shape index (κ2) is 29.9. The van der Waals surface area contributed by atoms with Crippen LogP contribution in [0.4, 0.5) is 11.4 Å². The third-order valence-corrected chi connectivity index (χ3v) is 10.5. The number of unbranched alkanes of at least 4 members (excludes halogenated alkanes) is 12. The van der Waals surface area contributed by atoms with E-state index >= 15 is 0 Å². The second-order valence-electron chi connectivity index (χ2n) is 12.2. The summed E-state index contributed by atoms with van der Waals surface area (Å²) in [6, 6.07) is 12.9. The molecule has 47 heavy (non-hydrogen) atoms. The maximum Gasteiger partial charge on any atom is 2.00 e. The molecule has 0 aliphatic carbocycles. The SMILES string of the molecule is CCCCCCc1cccc(N([S-])C(=S)S)c1CCCCCC.CCCCCCc1cccc(N([S-])C(=S)S)c1CCCCCC.[Zn+2]. The largest absolute Gasteiger partial charge is 2.00 e. The number of thiol groups is 2. The van der Waals surface area contributed by atoms with Gasteiger partial charge in [-0.2, -0.15) is 0 Å². The van der Waals surface area contributed by atoms with Crippen molar-refractivity contribution >= 4 is 95.3 Å². The fraction of sp³-hybridized carbons (Fsp3) is 0.632. The van der Waals surface area contributed by atoms with Crippen molar-refractivity contribution in [3.63, 3.8) is 0 Å². The molecule has 0 bridgehead atoms. The number of nitrogens with zero attached hydrogens (tertiary/aromatic N) is 2. The predicted octanol–water partition coefficient (Wildman–Crippen LogP) is 12.8. The molecule has 260 valence electrons. The Morgan fingerprint density at radius 1 is 0.511 bits per heavy atom. The molecule has 0 saturated heterocycles. The molecule has 0 atom stereocenters. The predicted molar refractivity (Wildman–Crippen MR) is 227 cm³/mol. The first-order chi connectivity index (χ1) is 22.2. The topological polar surface area (TPSA) is 6.48 Å². The molecule has 0 heterocycles. The monoisotopic (exact) mass is 800 g/mol. The van der Waals surface area contributed by atoms with Gasteiger partial charge in [-0.25, -0.2) is 0 Å². The molecule has 0 unspecified atom stereocenters. The van der Waals surface area contributed by atoms with Crippen molar-refractivity contribution < 1.29 is 19.5 Å². The molecule has 2 rings (SSSR count). The van der Waals surface area contributed by atoms with E-state index in [-0.39, 0.29) is 19.5 Å². The van der Waals surface area contributed by atoms with Gasteiger partial charge in [0.2, 0.25) is 0 Å². The molecular formula is C38H60N2S6Zn. The Morgan fingerprint density at radius 3 is 1.09 bits per heavy atom. The van der Waals surface area contributed by atoms with Crippen LogP contribution in [-0.2, 0) is 70.8 Å². The Bertz CT molecular complexity index is 1040. The van der Waals surface area contributed by atoms with Crippen LogP contribution in [0, 0.1) is 0 Å². The Hall–Kier alpha value is 0.243. The molecule has 2 nitrogen and oxygen atoms in total. The average molecular weight is 803 g/mol. The minimum absolute atomic E-state index is 0. The number of thiocarbonyl (C=S) groups is 2. The van der Waals surface area contributed by atoms with Gasteiger partial charge < -0.3 is 34.2 Å². The standard InChI is InChI=1S/2C19H30NS3.Zn/c2*1-3-5-7-9-12-16-13-11-15-18(20(23)19(21)22)17(16)14-10-8-6-4-2;/h2*11,13,15H,3-10,12,14H2,1-2H3,(H,21,22);/q2*-1;+2. The van der Waals surface area contributed by atoms with E-state index < -0.39 is 0 Å². The average Bonchev–Trinajstić information content (AvgIpc) is 3.05. The molecule has 9 heteroatoms. The minimum Gasteiger partial charge on any atom is -0.659 e. The van der Waals surface area contributed by atoms with Gasteiger partial charge in [-0.1, -0.05) is 153 Å². The van der Waals surface area contributed by atoms with E-state index in [1.807, 2.05) is 0 Å². The summed E-state index contributed by atoms with van der Waals surface area (Å²) in [7, 11) is 0. The summed E-state index contributed by atoms with van der Waals surface area (Å²) < 4.78 is 4.17. The minimum atomic E-state index is 0. The van der Waals surface area contributed by atoms with Crippen molar-refractivity contribution in [3.05, 3.63) is 58.7 Å². The number of hydrogen-bond acceptors (Lipinski definition) is 4. The number of rotatable bonds is 22. The number of anilines is 2. The van der Waals surface area contributed by atoms with E-state index in [1.54, 1.807) is 8.61 Å². The van der Waals surface area contributed by atoms with Crippen LogP contribution in [0.15, 0.2) is 36.4 Å². The first-order valence-electron chi connectivity index (χ1n) is 17.8. The third-order valence-electron chi connectivity index (χ3n) is 8.44. The van der Waals surface area contributed by atoms with Crippen LogP contribution in [0.3, 0.4) is 0 Å². The summed E-state index contributed by atoms with van der Waals surface area (Å²) >= 11 is 29.7. The van der Waals surface area contributed by atoms with E-state index in [2.05, 4.69) is 89.4 Å². The van der Waals surface area contributed by atoms with Crippen LogP contribution >= 0.6 is 49.7 Å². The Balaban J connectivity index is 0.000000882. The molecule has 0 N–H and O–H groups in total. The zero-order valence-corrected chi connectivity index (χ0v) is 37.8. The van der Waals surface area contributed by atoms with Crippen molar-refractivity contribution in [2.45, 2.75) is 156 Å². The summed E-state index contributed by atoms with van der Waals surface area (Å²) in [5.74, 6) is 0. The Morgan fingerprint density at radius 2 is 0.809 bits per heavy atom. The van der Waals surface area contributed by atoms with Crippen molar-refractivity contribution in [1.82, 2.24) is 0 Å². The zero-order chi connectivity index (χ0) is 34.2. The molecule has 0 amide bonds. The van der Waals surface area contributed by atoms with E-state index in [1.165, 1.54) is 125 Å². The van der Waals surface area contributed by atoms with E-state index in [4.69, 9.17) is 50.1 Å². The van der Waals surface area contributed by atoms with Crippen LogP contribution < -0.4 is 8.61 Å². The number of benzene rings is 2. The first kappa shape index (κ1) is 47.2. The summed E-state index contributed by atoms with van der Waals surface area (Å²) in [6.45, 7) is 9.00. The summed E-state index contributed by atoms with van der Waals surface area (Å²) in [4.78, 5) is 0. The van der Waals surface area contributed by atoms with E-state index in [0.29, 0.717) is 8.64 Å². The summed E-state index contributed by atoms with van der Waals surface area (Å²) in [5.41, 5.74) is 7.76. The fourth-order valence-corrected chi connectivity index (χ4v) is 6.57. The summed E-state index contributed by atoms with van der Waals surface area (Å²) in [6.07, 6.45) is 24.9. The molecular weight excluding hydrogens is 742 g/mol. The smallest absolute Gasteiger partial charge is 0.659 e. The third kappa shape index (κ3) is 19.4. The quantitative estimate of drug-likeness (QED) is 0.0400. The molecule has 2 aromatic carbocycles. The maximum atomic E-state index is 5.45. The van der Waals surface area contributed by atoms with Gasteiger partial charge in [-0.3, -0.25) is 0 Å². The van der Waals surface area contributed by atoms with Crippen LogP contribution in [-0.4, -0.2) is 8.64 Å². The van der Waals surface area contributed by atoms with E-state index in [9.17, 15) is 0 Å². The van der Waals surface area contributed by atoms with Gasteiger partial charge >= 0.3 is 19.5 Å². The molecule has 0 aromatic heterocycles. The Kier molecular flexibility index (Phi) is 30.1. The van der Waals surface area contributed by atoms with Crippen molar-refractivity contribution in [1.29, 1.82) is 0 Å². The van der Waals surface area contributed by atoms with Gasteiger partial charge in [-0.05, 0) is 85.8 Å². The molecule has 0 spiro atoms. The molecule has 0 radical (unpaired) electrons. The molecule has 0 aliphatic heterocycles. The normalized spacial score (nSPS) is 10.6. The van der Waals surface area contributed by atoms with E-state index in [0.717, 1.165) is 37.1 Å². The zero-order valence-electron chi connectivity index (χ0n) is 29.7. The summed E-state index contributed by atoms with van der Waals surface area (Å²) in [5, 5.41) is 0. The molecule has 0 fully saturated rings. The van der Waals surface area contributed by atoms with Gasteiger partial charge in [0.15, 0.2) is 0 Å². The van der Waals surface area contributed by atoms with Crippen molar-refractivity contribution in [2.24, 2.45) is 0 Å². The van der Waals surface area contributed by atoms with Gasteiger partial charge in [0.05, 0.1) is 0 Å². The second-order valence-corrected chi connectivity index (χ2v) is 15.2. The number of hydrogen-bond donors (Lipinski definition) is 2. The van der Waals surface area contributed by atoms with Gasteiger partial charge in [0.25, 0.3) is 0 Å². The van der Waals surface area contributed by atoms with Crippen LogP contribution in [0.1, 0.15) is 153 Å². The van der Waals surface area contributed by atoms with Crippen LogP contribution in [0.2, 0.25) is 0 Å². The fourth-order valence-electron chi connectivity index (χ4n) is 5.82. The maximum absolute atomic E-state index is 5.45. The van der Waals surface area contributed by atoms with Crippen molar-refractivity contribution in [3.8, 4) is 0 Å². The number of aryl methyl sites for hydroxylation is 2. The molecule has 0 aliphatic rings. The van der Waals surface area contributed by atoms with Gasteiger partial charge in [0, 0.05) is 11.4 Å². The van der Waals surface area contributed by atoms with Gasteiger partial charge in [-0.15, -0.1) is 25.3 Å². The van der Waals surface area contributed by atoms with Crippen LogP contribution in [0.5, 0.6) is 0 Å². The molecule has 0 saturated carbocycles.